The smallest absolute Gasteiger partial charge is 0.362 e. The molecule has 7 rings (SSSR count). The Morgan fingerprint density at radius 2 is 1.67 bits per heavy atom. The minimum atomic E-state index is -4.46. The van der Waals surface area contributed by atoms with Gasteiger partial charge in [-0.25, -0.2) is 9.97 Å². The fourth-order valence-electron chi connectivity index (χ4n) is 6.86. The maximum atomic E-state index is 12.5. The van der Waals surface area contributed by atoms with E-state index in [1.165, 1.54) is 6.20 Å². The van der Waals surface area contributed by atoms with Crippen LogP contribution < -0.4 is 5.32 Å². The molecule has 0 unspecified atom stereocenters. The topological polar surface area (TPSA) is 54.9 Å². The second kappa shape index (κ2) is 2.57. The standard InChI is InChI=1S/C14H10F3N3O/c15-14(16,17)4-1-19-5(2-18-4)20-13-9-6-10(13)8-11(13)7(9)12(6,8)3-21/h1-3,6-11H,(H,19,20). The Morgan fingerprint density at radius 3 is 2.10 bits per heavy atom. The molecule has 0 spiro atoms. The van der Waals surface area contributed by atoms with Crippen LogP contribution in [0.1, 0.15) is 5.69 Å². The Morgan fingerprint density at radius 1 is 1.05 bits per heavy atom. The van der Waals surface area contributed by atoms with Gasteiger partial charge in [-0.05, 0) is 35.5 Å². The summed E-state index contributed by atoms with van der Waals surface area (Å²) >= 11 is 0. The molecule has 0 aromatic carbocycles. The highest BCUT2D eigenvalue weighted by atomic mass is 19.4. The van der Waals surface area contributed by atoms with Gasteiger partial charge in [-0.3, -0.25) is 0 Å². The number of carbonyl (C=O) groups excluding carboxylic acids is 1. The molecule has 108 valence electrons. The molecule has 0 bridgehead atoms. The third kappa shape index (κ3) is 0.722. The number of halogens is 3. The minimum absolute atomic E-state index is 0.00918. The van der Waals surface area contributed by atoms with Crippen molar-refractivity contribution in [2.45, 2.75) is 11.7 Å². The quantitative estimate of drug-likeness (QED) is 0.860. The summed E-state index contributed by atoms with van der Waals surface area (Å²) in [6, 6.07) is 0. The van der Waals surface area contributed by atoms with Gasteiger partial charge in [-0.15, -0.1) is 0 Å². The van der Waals surface area contributed by atoms with Crippen molar-refractivity contribution in [3.05, 3.63) is 18.1 Å². The second-order valence-corrected chi connectivity index (χ2v) is 7.12. The van der Waals surface area contributed by atoms with Crippen LogP contribution in [0.4, 0.5) is 19.0 Å². The second-order valence-electron chi connectivity index (χ2n) is 7.12. The molecule has 1 heterocycles. The summed E-state index contributed by atoms with van der Waals surface area (Å²) in [6.07, 6.45) is -1.35. The lowest BCUT2D eigenvalue weighted by molar-refractivity contribution is -0.593. The molecule has 6 aliphatic rings. The molecular weight excluding hydrogens is 283 g/mol. The molecule has 4 nitrogen and oxygen atoms in total. The Labute approximate surface area is 117 Å². The van der Waals surface area contributed by atoms with E-state index in [4.69, 9.17) is 0 Å². The van der Waals surface area contributed by atoms with Crippen LogP contribution in [0.5, 0.6) is 0 Å². The highest BCUT2D eigenvalue weighted by Crippen LogP contribution is 3.06. The predicted molar refractivity (Wildman–Crippen MR) is 62.8 cm³/mol. The van der Waals surface area contributed by atoms with Gasteiger partial charge in [0.1, 0.15) is 12.1 Å². The number of nitrogens with one attached hydrogen (secondary N) is 1. The summed E-state index contributed by atoms with van der Waals surface area (Å²) in [6.45, 7) is 0. The zero-order valence-electron chi connectivity index (χ0n) is 10.6. The molecule has 0 radical (unpaired) electrons. The van der Waals surface area contributed by atoms with Crippen LogP contribution >= 0.6 is 0 Å². The summed E-state index contributed by atoms with van der Waals surface area (Å²) in [7, 11) is 0. The Balaban J connectivity index is 1.26. The minimum Gasteiger partial charge on any atom is -0.362 e. The van der Waals surface area contributed by atoms with Crippen molar-refractivity contribution in [2.24, 2.45) is 40.9 Å². The molecule has 6 saturated carbocycles. The summed E-state index contributed by atoms with van der Waals surface area (Å²) in [5.74, 6) is 3.61. The average Bonchev–Trinajstić information content (AvgIpc) is 2.47. The monoisotopic (exact) mass is 293 g/mol. The predicted octanol–water partition coefficient (Wildman–Crippen LogP) is 1.60. The van der Waals surface area contributed by atoms with Crippen LogP contribution in [0.15, 0.2) is 12.4 Å². The van der Waals surface area contributed by atoms with Crippen LogP contribution in [0.3, 0.4) is 0 Å². The van der Waals surface area contributed by atoms with E-state index in [0.29, 0.717) is 41.3 Å². The summed E-state index contributed by atoms with van der Waals surface area (Å²) < 4.78 is 37.4. The first-order valence-corrected chi connectivity index (χ1v) is 7.11. The van der Waals surface area contributed by atoms with Crippen LogP contribution in [0.2, 0.25) is 0 Å². The third-order valence-corrected chi connectivity index (χ3v) is 7.20. The van der Waals surface area contributed by atoms with Crippen molar-refractivity contribution < 1.29 is 18.0 Å². The van der Waals surface area contributed by atoms with E-state index >= 15 is 0 Å². The van der Waals surface area contributed by atoms with Crippen molar-refractivity contribution in [1.82, 2.24) is 9.97 Å². The molecule has 0 amide bonds. The summed E-state index contributed by atoms with van der Waals surface area (Å²) in [5.41, 5.74) is -0.934. The van der Waals surface area contributed by atoms with Crippen molar-refractivity contribution in [3.8, 4) is 0 Å². The van der Waals surface area contributed by atoms with Gasteiger partial charge in [0.25, 0.3) is 0 Å². The molecule has 0 saturated heterocycles. The van der Waals surface area contributed by atoms with Gasteiger partial charge >= 0.3 is 6.18 Å². The third-order valence-electron chi connectivity index (χ3n) is 7.20. The van der Waals surface area contributed by atoms with Crippen molar-refractivity contribution in [2.75, 3.05) is 5.32 Å². The van der Waals surface area contributed by atoms with E-state index < -0.39 is 11.9 Å². The largest absolute Gasteiger partial charge is 0.434 e. The first-order chi connectivity index (χ1) is 9.98. The Kier molecular flexibility index (Phi) is 1.34. The summed E-state index contributed by atoms with van der Waals surface area (Å²) in [5, 5.41) is 3.33. The zero-order chi connectivity index (χ0) is 14.4. The van der Waals surface area contributed by atoms with Gasteiger partial charge in [-0.2, -0.15) is 13.2 Å². The number of carbonyl (C=O) groups is 1. The van der Waals surface area contributed by atoms with Gasteiger partial charge in [0.05, 0.1) is 12.4 Å². The maximum absolute atomic E-state index is 12.5. The van der Waals surface area contributed by atoms with E-state index in [1.807, 2.05) is 0 Å². The van der Waals surface area contributed by atoms with E-state index in [9.17, 15) is 18.0 Å². The number of nitrogens with zero attached hydrogens (tertiary/aromatic N) is 2. The first kappa shape index (κ1) is 11.0. The molecule has 0 atom stereocenters. The van der Waals surface area contributed by atoms with Crippen LogP contribution in [-0.4, -0.2) is 21.8 Å². The molecule has 0 aliphatic heterocycles. The summed E-state index contributed by atoms with van der Waals surface area (Å²) in [4.78, 5) is 18.5. The normalized spacial score (nSPS) is 56.0. The Hall–Kier alpha value is -1.66. The molecule has 6 aliphatic carbocycles. The molecule has 7 heteroatoms. The van der Waals surface area contributed by atoms with Gasteiger partial charge in [0.2, 0.25) is 0 Å². The van der Waals surface area contributed by atoms with Gasteiger partial charge in [0.15, 0.2) is 5.69 Å². The number of hydrogen-bond acceptors (Lipinski definition) is 4. The average molecular weight is 293 g/mol. The fraction of sp³-hybridized carbons (Fsp3) is 0.643. The van der Waals surface area contributed by atoms with Crippen molar-refractivity contribution in [3.63, 3.8) is 0 Å². The van der Waals surface area contributed by atoms with Gasteiger partial charge in [-0.1, -0.05) is 0 Å². The maximum Gasteiger partial charge on any atom is 0.434 e. The lowest BCUT2D eigenvalue weighted by Crippen LogP contribution is -3.14. The SMILES string of the molecule is O=CC12C3C4C1C1C2C3C41Nc1cnc(C(F)(F)F)cn1. The molecular formula is C14H10F3N3O. The molecule has 1 N–H and O–H groups in total. The Bertz CT molecular complexity index is 660. The molecule has 1 aromatic heterocycles. The van der Waals surface area contributed by atoms with E-state index in [0.717, 1.165) is 12.5 Å². The number of aromatic nitrogens is 2. The van der Waals surface area contributed by atoms with E-state index in [-0.39, 0.29) is 11.0 Å². The van der Waals surface area contributed by atoms with Crippen LogP contribution in [0, 0.1) is 40.9 Å². The van der Waals surface area contributed by atoms with Crippen molar-refractivity contribution >= 4 is 12.1 Å². The first-order valence-electron chi connectivity index (χ1n) is 7.11. The highest BCUT2D eigenvalue weighted by Gasteiger charge is 3.10. The van der Waals surface area contributed by atoms with Gasteiger partial charge in [0, 0.05) is 11.0 Å². The number of rotatable bonds is 3. The molecule has 1 aromatic rings. The lowest BCUT2D eigenvalue weighted by Gasteiger charge is -3.10. The van der Waals surface area contributed by atoms with Gasteiger partial charge < -0.3 is 10.1 Å². The zero-order valence-corrected chi connectivity index (χ0v) is 10.6. The lowest BCUT2D eigenvalue weighted by atomic mass is 8.94. The van der Waals surface area contributed by atoms with E-state index in [1.54, 1.807) is 0 Å². The highest BCUT2D eigenvalue weighted by molar-refractivity contribution is 5.80. The van der Waals surface area contributed by atoms with E-state index in [2.05, 4.69) is 15.3 Å². The van der Waals surface area contributed by atoms with Crippen molar-refractivity contribution in [1.29, 1.82) is 0 Å². The fourth-order valence-corrected chi connectivity index (χ4v) is 6.86. The number of anilines is 1. The van der Waals surface area contributed by atoms with Crippen LogP contribution in [-0.2, 0) is 11.0 Å². The molecule has 21 heavy (non-hydrogen) atoms. The molecule has 6 fully saturated rings. The number of alkyl halides is 3. The number of aldehydes is 1. The van der Waals surface area contributed by atoms with Crippen LogP contribution in [0.25, 0.3) is 0 Å². The number of hydrogen-bond donors (Lipinski definition) is 1.